The third kappa shape index (κ3) is 6.22. The van der Waals surface area contributed by atoms with Crippen LogP contribution in [0.2, 0.25) is 0 Å². The monoisotopic (exact) mass is 373 g/mol. The van der Waals surface area contributed by atoms with Gasteiger partial charge in [0.1, 0.15) is 5.75 Å². The van der Waals surface area contributed by atoms with E-state index in [9.17, 15) is 4.79 Å². The van der Waals surface area contributed by atoms with Crippen LogP contribution in [0.25, 0.3) is 0 Å². The molecule has 0 unspecified atom stereocenters. The first-order valence-corrected chi connectivity index (χ1v) is 10.5. The van der Waals surface area contributed by atoms with Crippen molar-refractivity contribution in [1.82, 2.24) is 15.1 Å². The largest absolute Gasteiger partial charge is 0.497 e. The highest BCUT2D eigenvalue weighted by Gasteiger charge is 2.23. The third-order valence-corrected chi connectivity index (χ3v) is 6.09. The van der Waals surface area contributed by atoms with E-state index in [1.165, 1.54) is 32.1 Å². The van der Waals surface area contributed by atoms with Crippen LogP contribution in [0, 0.1) is 5.92 Å². The minimum absolute atomic E-state index is 0.0374. The van der Waals surface area contributed by atoms with Crippen molar-refractivity contribution in [2.45, 2.75) is 44.6 Å². The van der Waals surface area contributed by atoms with Crippen LogP contribution < -0.4 is 10.1 Å². The van der Waals surface area contributed by atoms with Gasteiger partial charge in [-0.05, 0) is 43.5 Å². The molecular formula is C22H35N3O2. The first kappa shape index (κ1) is 20.2. The van der Waals surface area contributed by atoms with Crippen LogP contribution in [-0.4, -0.2) is 62.6 Å². The van der Waals surface area contributed by atoms with E-state index in [-0.39, 0.29) is 11.9 Å². The highest BCUT2D eigenvalue weighted by molar-refractivity contribution is 5.76. The Hall–Kier alpha value is -1.59. The summed E-state index contributed by atoms with van der Waals surface area (Å²) in [6.07, 6.45) is 6.98. The zero-order chi connectivity index (χ0) is 19.1. The molecule has 1 aromatic carbocycles. The number of benzene rings is 1. The van der Waals surface area contributed by atoms with E-state index in [4.69, 9.17) is 4.74 Å². The molecule has 27 heavy (non-hydrogen) atoms. The summed E-state index contributed by atoms with van der Waals surface area (Å²) in [5, 5.41) is 3.34. The summed E-state index contributed by atoms with van der Waals surface area (Å²) in [5.74, 6) is 1.63. The van der Waals surface area contributed by atoms with Crippen molar-refractivity contribution >= 4 is 5.91 Å². The zero-order valence-corrected chi connectivity index (χ0v) is 17.0. The molecule has 1 saturated heterocycles. The summed E-state index contributed by atoms with van der Waals surface area (Å²) in [6, 6.07) is 8.18. The van der Waals surface area contributed by atoms with Crippen molar-refractivity contribution in [3.05, 3.63) is 29.8 Å². The fourth-order valence-corrected chi connectivity index (χ4v) is 4.27. The molecule has 0 bridgehead atoms. The molecule has 0 radical (unpaired) electrons. The number of amides is 1. The number of ether oxygens (including phenoxy) is 1. The Kier molecular flexibility index (Phi) is 7.53. The number of hydrogen-bond acceptors (Lipinski definition) is 4. The van der Waals surface area contributed by atoms with Gasteiger partial charge in [-0.1, -0.05) is 31.4 Å². The van der Waals surface area contributed by atoms with Crippen LogP contribution in [0.3, 0.4) is 0 Å². The second kappa shape index (κ2) is 10.1. The van der Waals surface area contributed by atoms with Crippen molar-refractivity contribution in [2.24, 2.45) is 5.92 Å². The van der Waals surface area contributed by atoms with Crippen LogP contribution in [0.4, 0.5) is 0 Å². The van der Waals surface area contributed by atoms with Gasteiger partial charge in [0.2, 0.25) is 5.91 Å². The molecule has 1 aliphatic carbocycles. The zero-order valence-electron chi connectivity index (χ0n) is 17.0. The normalized spacial score (nSPS) is 21.0. The molecule has 1 heterocycles. The van der Waals surface area contributed by atoms with Crippen molar-refractivity contribution in [1.29, 1.82) is 0 Å². The Labute approximate surface area is 164 Å². The molecule has 0 aromatic heterocycles. The van der Waals surface area contributed by atoms with Gasteiger partial charge in [-0.2, -0.15) is 0 Å². The van der Waals surface area contributed by atoms with E-state index >= 15 is 0 Å². The topological polar surface area (TPSA) is 44.8 Å². The van der Waals surface area contributed by atoms with E-state index in [1.807, 2.05) is 12.1 Å². The Morgan fingerprint density at radius 3 is 2.41 bits per heavy atom. The predicted octanol–water partition coefficient (Wildman–Crippen LogP) is 3.07. The van der Waals surface area contributed by atoms with Crippen LogP contribution in [0.1, 0.15) is 50.1 Å². The third-order valence-electron chi connectivity index (χ3n) is 6.09. The van der Waals surface area contributed by atoms with Crippen LogP contribution >= 0.6 is 0 Å². The highest BCUT2D eigenvalue weighted by atomic mass is 16.5. The average molecular weight is 374 g/mol. The summed E-state index contributed by atoms with van der Waals surface area (Å²) in [4.78, 5) is 17.6. The van der Waals surface area contributed by atoms with Crippen LogP contribution in [0.15, 0.2) is 24.3 Å². The van der Waals surface area contributed by atoms with Crippen LogP contribution in [0.5, 0.6) is 5.75 Å². The first-order valence-electron chi connectivity index (χ1n) is 10.5. The fraction of sp³-hybridized carbons (Fsp3) is 0.682. The lowest BCUT2D eigenvalue weighted by Crippen LogP contribution is -2.48. The second-order valence-electron chi connectivity index (χ2n) is 8.21. The molecule has 2 fully saturated rings. The lowest BCUT2D eigenvalue weighted by molar-refractivity contribution is -0.123. The Bertz CT molecular complexity index is 576. The van der Waals surface area contributed by atoms with Gasteiger partial charge in [0.15, 0.2) is 0 Å². The number of rotatable bonds is 7. The number of nitrogens with zero attached hydrogens (tertiary/aromatic N) is 2. The molecule has 5 heteroatoms. The summed E-state index contributed by atoms with van der Waals surface area (Å²) in [5.41, 5.74) is 1.16. The summed E-state index contributed by atoms with van der Waals surface area (Å²) >= 11 is 0. The Balaban J connectivity index is 1.63. The summed E-state index contributed by atoms with van der Waals surface area (Å²) < 4.78 is 5.29. The highest BCUT2D eigenvalue weighted by Crippen LogP contribution is 2.27. The molecule has 1 atom stereocenters. The van der Waals surface area contributed by atoms with Crippen molar-refractivity contribution in [2.75, 3.05) is 46.9 Å². The van der Waals surface area contributed by atoms with Crippen molar-refractivity contribution in [3.63, 3.8) is 0 Å². The van der Waals surface area contributed by atoms with Gasteiger partial charge in [-0.25, -0.2) is 0 Å². The summed E-state index contributed by atoms with van der Waals surface area (Å²) in [6.45, 7) is 5.16. The summed E-state index contributed by atoms with van der Waals surface area (Å²) in [7, 11) is 3.85. The van der Waals surface area contributed by atoms with Gasteiger partial charge in [0.25, 0.3) is 0 Å². The molecule has 3 rings (SSSR count). The van der Waals surface area contributed by atoms with Gasteiger partial charge >= 0.3 is 0 Å². The SMILES string of the molecule is COc1ccc([C@H](CN2CCN(C)CC2)NC(=O)CC2CCCCC2)cc1. The lowest BCUT2D eigenvalue weighted by atomic mass is 9.86. The number of methoxy groups -OCH3 is 1. The molecule has 150 valence electrons. The fourth-order valence-electron chi connectivity index (χ4n) is 4.27. The maximum Gasteiger partial charge on any atom is 0.220 e. The molecular weight excluding hydrogens is 338 g/mol. The van der Waals surface area contributed by atoms with Gasteiger partial charge in [-0.3, -0.25) is 9.69 Å². The minimum atomic E-state index is 0.0374. The molecule has 5 nitrogen and oxygen atoms in total. The van der Waals surface area contributed by atoms with Gasteiger partial charge in [-0.15, -0.1) is 0 Å². The van der Waals surface area contributed by atoms with E-state index in [1.54, 1.807) is 7.11 Å². The lowest BCUT2D eigenvalue weighted by Gasteiger charge is -2.35. The molecule has 1 amide bonds. The average Bonchev–Trinajstić information content (AvgIpc) is 2.70. The van der Waals surface area contributed by atoms with E-state index in [2.05, 4.69) is 34.3 Å². The van der Waals surface area contributed by atoms with Crippen molar-refractivity contribution < 1.29 is 9.53 Å². The molecule has 1 saturated carbocycles. The van der Waals surface area contributed by atoms with Crippen molar-refractivity contribution in [3.8, 4) is 5.75 Å². The van der Waals surface area contributed by atoms with Gasteiger partial charge in [0.05, 0.1) is 13.2 Å². The molecule has 1 N–H and O–H groups in total. The van der Waals surface area contributed by atoms with Gasteiger partial charge < -0.3 is 15.0 Å². The maximum atomic E-state index is 12.7. The number of piperazine rings is 1. The molecule has 2 aliphatic rings. The second-order valence-corrected chi connectivity index (χ2v) is 8.21. The van der Waals surface area contributed by atoms with E-state index in [0.717, 1.165) is 44.0 Å². The maximum absolute atomic E-state index is 12.7. The number of carbonyl (C=O) groups is 1. The predicted molar refractivity (Wildman–Crippen MR) is 109 cm³/mol. The Morgan fingerprint density at radius 1 is 1.11 bits per heavy atom. The number of likely N-dealkylation sites (N-methyl/N-ethyl adjacent to an activating group) is 1. The molecule has 0 spiro atoms. The standard InChI is InChI=1S/C22H35N3O2/c1-24-12-14-25(15-13-24)17-21(19-8-10-20(27-2)11-9-19)23-22(26)16-18-6-4-3-5-7-18/h8-11,18,21H,3-7,12-17H2,1-2H3,(H,23,26)/t21-/m0/s1. The molecule has 1 aliphatic heterocycles. The van der Waals surface area contributed by atoms with E-state index < -0.39 is 0 Å². The molecule has 1 aromatic rings. The number of hydrogen-bond donors (Lipinski definition) is 1. The minimum Gasteiger partial charge on any atom is -0.497 e. The Morgan fingerprint density at radius 2 is 1.78 bits per heavy atom. The first-order chi connectivity index (χ1) is 13.1. The smallest absolute Gasteiger partial charge is 0.220 e. The number of carbonyl (C=O) groups excluding carboxylic acids is 1. The quantitative estimate of drug-likeness (QED) is 0.798. The number of nitrogens with one attached hydrogen (secondary N) is 1. The van der Waals surface area contributed by atoms with Gasteiger partial charge in [0, 0.05) is 39.1 Å². The van der Waals surface area contributed by atoms with E-state index in [0.29, 0.717) is 12.3 Å². The van der Waals surface area contributed by atoms with Crippen LogP contribution in [-0.2, 0) is 4.79 Å².